The van der Waals surface area contributed by atoms with Gasteiger partial charge in [-0.15, -0.1) is 12.4 Å². The van der Waals surface area contributed by atoms with E-state index in [1.165, 1.54) is 17.0 Å². The molecule has 0 spiro atoms. The SMILES string of the molecule is Cl.FC(F)(F)[C@@H](c1cccc(OCc2ccccc2)c1)N1CCNCC1. The first-order valence-electron chi connectivity index (χ1n) is 8.32. The summed E-state index contributed by atoms with van der Waals surface area (Å²) in [7, 11) is 0. The molecule has 1 saturated heterocycles. The fourth-order valence-electron chi connectivity index (χ4n) is 3.06. The Hall–Kier alpha value is -1.76. The quantitative estimate of drug-likeness (QED) is 0.833. The number of ether oxygens (including phenoxy) is 1. The van der Waals surface area contributed by atoms with Crippen molar-refractivity contribution in [2.75, 3.05) is 26.2 Å². The zero-order valence-corrected chi connectivity index (χ0v) is 15.0. The van der Waals surface area contributed by atoms with Crippen LogP contribution in [0.1, 0.15) is 17.2 Å². The van der Waals surface area contributed by atoms with E-state index < -0.39 is 12.2 Å². The second-order valence-corrected chi connectivity index (χ2v) is 6.08. The van der Waals surface area contributed by atoms with Crippen molar-refractivity contribution in [1.82, 2.24) is 10.2 Å². The molecule has 2 aromatic carbocycles. The summed E-state index contributed by atoms with van der Waals surface area (Å²) in [5, 5.41) is 3.09. The highest BCUT2D eigenvalue weighted by molar-refractivity contribution is 5.85. The van der Waals surface area contributed by atoms with Crippen LogP contribution in [0.25, 0.3) is 0 Å². The normalized spacial score (nSPS) is 16.6. The van der Waals surface area contributed by atoms with Gasteiger partial charge in [0.1, 0.15) is 18.4 Å². The maximum Gasteiger partial charge on any atom is 0.408 e. The zero-order valence-electron chi connectivity index (χ0n) is 14.2. The lowest BCUT2D eigenvalue weighted by Crippen LogP contribution is -2.49. The number of hydrogen-bond acceptors (Lipinski definition) is 3. The van der Waals surface area contributed by atoms with Crippen LogP contribution in [0.15, 0.2) is 54.6 Å². The summed E-state index contributed by atoms with van der Waals surface area (Å²) in [6.07, 6.45) is -4.32. The van der Waals surface area contributed by atoms with E-state index in [1.807, 2.05) is 30.3 Å². The summed E-state index contributed by atoms with van der Waals surface area (Å²) < 4.78 is 46.7. The second-order valence-electron chi connectivity index (χ2n) is 6.08. The maximum atomic E-state index is 13.7. The molecule has 1 aliphatic rings. The number of nitrogens with one attached hydrogen (secondary N) is 1. The van der Waals surface area contributed by atoms with Crippen molar-refractivity contribution in [3.8, 4) is 5.75 Å². The number of piperazine rings is 1. The highest BCUT2D eigenvalue weighted by Crippen LogP contribution is 2.38. The van der Waals surface area contributed by atoms with Gasteiger partial charge in [-0.05, 0) is 23.3 Å². The third kappa shape index (κ3) is 5.37. The highest BCUT2D eigenvalue weighted by Gasteiger charge is 2.44. The number of hydrogen-bond donors (Lipinski definition) is 1. The van der Waals surface area contributed by atoms with Crippen LogP contribution in [-0.2, 0) is 6.61 Å². The lowest BCUT2D eigenvalue weighted by atomic mass is 10.0. The molecule has 0 bridgehead atoms. The van der Waals surface area contributed by atoms with Gasteiger partial charge < -0.3 is 10.1 Å². The Morgan fingerprint density at radius 3 is 2.35 bits per heavy atom. The highest BCUT2D eigenvalue weighted by atomic mass is 35.5. The number of benzene rings is 2. The topological polar surface area (TPSA) is 24.5 Å². The number of alkyl halides is 3. The number of rotatable bonds is 5. The van der Waals surface area contributed by atoms with Gasteiger partial charge in [0.15, 0.2) is 0 Å². The van der Waals surface area contributed by atoms with E-state index in [0.717, 1.165) is 5.56 Å². The van der Waals surface area contributed by atoms with E-state index in [4.69, 9.17) is 4.74 Å². The lowest BCUT2D eigenvalue weighted by molar-refractivity contribution is -0.187. The van der Waals surface area contributed by atoms with Crippen molar-refractivity contribution >= 4 is 12.4 Å². The molecule has 0 radical (unpaired) electrons. The van der Waals surface area contributed by atoms with E-state index in [9.17, 15) is 13.2 Å². The Kier molecular flexibility index (Phi) is 7.32. The first-order chi connectivity index (χ1) is 12.0. The van der Waals surface area contributed by atoms with Gasteiger partial charge in [0.05, 0.1) is 0 Å². The minimum Gasteiger partial charge on any atom is -0.489 e. The Bertz CT molecular complexity index is 676. The minimum absolute atomic E-state index is 0. The van der Waals surface area contributed by atoms with E-state index in [-0.39, 0.29) is 18.0 Å². The third-order valence-corrected chi connectivity index (χ3v) is 4.25. The predicted molar refractivity (Wildman–Crippen MR) is 97.7 cm³/mol. The van der Waals surface area contributed by atoms with Crippen LogP contribution in [0.5, 0.6) is 5.75 Å². The van der Waals surface area contributed by atoms with Gasteiger partial charge in [0.2, 0.25) is 0 Å². The fraction of sp³-hybridized carbons (Fsp3) is 0.368. The van der Waals surface area contributed by atoms with Crippen LogP contribution < -0.4 is 10.1 Å². The van der Waals surface area contributed by atoms with Crippen LogP contribution in [0.3, 0.4) is 0 Å². The molecular formula is C19H22ClF3N2O. The molecule has 1 N–H and O–H groups in total. The van der Waals surface area contributed by atoms with Gasteiger partial charge in [-0.3, -0.25) is 4.90 Å². The second kappa shape index (κ2) is 9.26. The average molecular weight is 387 g/mol. The van der Waals surface area contributed by atoms with Gasteiger partial charge in [0.25, 0.3) is 0 Å². The van der Waals surface area contributed by atoms with Crippen LogP contribution in [0.4, 0.5) is 13.2 Å². The van der Waals surface area contributed by atoms with Crippen molar-refractivity contribution < 1.29 is 17.9 Å². The summed E-state index contributed by atoms with van der Waals surface area (Å²) >= 11 is 0. The summed E-state index contributed by atoms with van der Waals surface area (Å²) in [6, 6.07) is 14.3. The smallest absolute Gasteiger partial charge is 0.408 e. The number of nitrogens with zero attached hydrogens (tertiary/aromatic N) is 1. The number of halogens is 4. The summed E-state index contributed by atoms with van der Waals surface area (Å²) in [5.74, 6) is 0.450. The standard InChI is InChI=1S/C19H21F3N2O.ClH/c20-19(21,22)18(24-11-9-23-10-12-24)16-7-4-8-17(13-16)25-14-15-5-2-1-3-6-15;/h1-8,13,18,23H,9-12,14H2;1H/t18-;/m1./s1. The molecule has 26 heavy (non-hydrogen) atoms. The van der Waals surface area contributed by atoms with E-state index in [1.54, 1.807) is 12.1 Å². The molecule has 0 amide bonds. The van der Waals surface area contributed by atoms with Crippen LogP contribution in [0.2, 0.25) is 0 Å². The van der Waals surface area contributed by atoms with Gasteiger partial charge in [-0.1, -0.05) is 42.5 Å². The Morgan fingerprint density at radius 2 is 1.69 bits per heavy atom. The molecule has 1 aliphatic heterocycles. The third-order valence-electron chi connectivity index (χ3n) is 4.25. The monoisotopic (exact) mass is 386 g/mol. The van der Waals surface area contributed by atoms with E-state index in [2.05, 4.69) is 5.32 Å². The summed E-state index contributed by atoms with van der Waals surface area (Å²) in [4.78, 5) is 1.48. The first kappa shape index (κ1) is 20.6. The molecule has 0 aromatic heterocycles. The van der Waals surface area contributed by atoms with Crippen molar-refractivity contribution in [3.63, 3.8) is 0 Å². The molecular weight excluding hydrogens is 365 g/mol. The molecule has 0 unspecified atom stereocenters. The Balaban J connectivity index is 0.00000243. The molecule has 2 aromatic rings. The molecule has 0 saturated carbocycles. The Labute approximate surface area is 157 Å². The molecule has 142 valence electrons. The van der Waals surface area contributed by atoms with E-state index in [0.29, 0.717) is 38.5 Å². The molecule has 3 rings (SSSR count). The van der Waals surface area contributed by atoms with Crippen molar-refractivity contribution in [2.24, 2.45) is 0 Å². The van der Waals surface area contributed by atoms with Gasteiger partial charge in [-0.2, -0.15) is 13.2 Å². The van der Waals surface area contributed by atoms with Crippen molar-refractivity contribution in [1.29, 1.82) is 0 Å². The van der Waals surface area contributed by atoms with Gasteiger partial charge in [-0.25, -0.2) is 0 Å². The molecule has 0 aliphatic carbocycles. The molecule has 1 atom stereocenters. The summed E-state index contributed by atoms with van der Waals surface area (Å²) in [5.41, 5.74) is 1.20. The zero-order chi connectivity index (χ0) is 17.7. The Morgan fingerprint density at radius 1 is 1.00 bits per heavy atom. The molecule has 1 fully saturated rings. The molecule has 1 heterocycles. The van der Waals surface area contributed by atoms with Crippen LogP contribution in [-0.4, -0.2) is 37.3 Å². The van der Waals surface area contributed by atoms with E-state index >= 15 is 0 Å². The average Bonchev–Trinajstić information content (AvgIpc) is 2.61. The van der Waals surface area contributed by atoms with Crippen LogP contribution >= 0.6 is 12.4 Å². The van der Waals surface area contributed by atoms with Gasteiger partial charge >= 0.3 is 6.18 Å². The first-order valence-corrected chi connectivity index (χ1v) is 8.32. The minimum atomic E-state index is -4.32. The van der Waals surface area contributed by atoms with Crippen molar-refractivity contribution in [3.05, 3.63) is 65.7 Å². The largest absolute Gasteiger partial charge is 0.489 e. The predicted octanol–water partition coefficient (Wildman–Crippen LogP) is 4.20. The lowest BCUT2D eigenvalue weighted by Gasteiger charge is -2.36. The maximum absolute atomic E-state index is 13.7. The molecule has 7 heteroatoms. The van der Waals surface area contributed by atoms with Gasteiger partial charge in [0, 0.05) is 26.2 Å². The molecule has 3 nitrogen and oxygen atoms in total. The van der Waals surface area contributed by atoms with Crippen molar-refractivity contribution in [2.45, 2.75) is 18.8 Å². The fourth-order valence-corrected chi connectivity index (χ4v) is 3.06. The summed E-state index contributed by atoms with van der Waals surface area (Å²) in [6.45, 7) is 2.21. The van der Waals surface area contributed by atoms with Crippen LogP contribution in [0, 0.1) is 0 Å².